The minimum absolute atomic E-state index is 0.00931. The fourth-order valence-corrected chi connectivity index (χ4v) is 0.871. The number of carboxylic acid groups (broad SMARTS) is 1. The van der Waals surface area contributed by atoms with Crippen LogP contribution in [0.1, 0.15) is 27.7 Å². The molecule has 0 amide bonds. The van der Waals surface area contributed by atoms with Crippen molar-refractivity contribution in [3.8, 4) is 0 Å². The van der Waals surface area contributed by atoms with Crippen LogP contribution < -0.4 is 0 Å². The van der Waals surface area contributed by atoms with Gasteiger partial charge in [-0.1, -0.05) is 19.6 Å². The number of carbonyl (C=O) groups is 2. The summed E-state index contributed by atoms with van der Waals surface area (Å²) < 4.78 is 4.67. The first-order chi connectivity index (χ1) is 9.15. The van der Waals surface area contributed by atoms with Crippen LogP contribution in [0.2, 0.25) is 0 Å². The number of rotatable bonds is 6. The monoisotopic (exact) mass is 288 g/mol. The number of esters is 1. The normalized spacial score (nSPS) is 13.6. The minimum Gasteiger partial charge on any atom is -0.478 e. The standard InChI is InChI=1S/2C7H12O3/c1-5(4-8)3-6(2)7(9)10;1-5(2)7(9)10-6(3)4-8/h3,5,8H,4H2,1-2H3,(H,9,10);6,8H,1,4H2,2-3H3. The van der Waals surface area contributed by atoms with Crippen molar-refractivity contribution in [2.45, 2.75) is 33.8 Å². The second kappa shape index (κ2) is 11.2. The number of aliphatic hydroxyl groups excluding tert-OH is 2. The highest BCUT2D eigenvalue weighted by Crippen LogP contribution is 2.01. The first kappa shape index (κ1) is 20.7. The van der Waals surface area contributed by atoms with E-state index < -0.39 is 18.0 Å². The lowest BCUT2D eigenvalue weighted by Crippen LogP contribution is -2.18. The van der Waals surface area contributed by atoms with Crippen molar-refractivity contribution in [1.29, 1.82) is 0 Å². The Bertz CT molecular complexity index is 359. The van der Waals surface area contributed by atoms with Gasteiger partial charge in [-0.2, -0.15) is 0 Å². The van der Waals surface area contributed by atoms with E-state index in [4.69, 9.17) is 15.3 Å². The molecule has 0 aliphatic rings. The van der Waals surface area contributed by atoms with Crippen LogP contribution in [0.25, 0.3) is 0 Å². The van der Waals surface area contributed by atoms with Crippen molar-refractivity contribution in [1.82, 2.24) is 0 Å². The predicted octanol–water partition coefficient (Wildman–Crippen LogP) is 1.13. The van der Waals surface area contributed by atoms with Crippen LogP contribution in [0.5, 0.6) is 0 Å². The van der Waals surface area contributed by atoms with Crippen molar-refractivity contribution in [2.24, 2.45) is 5.92 Å². The molecule has 2 unspecified atom stereocenters. The van der Waals surface area contributed by atoms with Crippen molar-refractivity contribution in [3.05, 3.63) is 23.8 Å². The first-order valence-corrected chi connectivity index (χ1v) is 6.15. The summed E-state index contributed by atoms with van der Waals surface area (Å²) in [6.07, 6.45) is 1.09. The van der Waals surface area contributed by atoms with Crippen molar-refractivity contribution >= 4 is 11.9 Å². The van der Waals surface area contributed by atoms with Gasteiger partial charge in [0.1, 0.15) is 6.10 Å². The van der Waals surface area contributed by atoms with Crippen LogP contribution in [0.4, 0.5) is 0 Å². The SMILES string of the molecule is C=C(C)C(=O)OC(C)CO.CC(=CC(C)CO)C(=O)O. The van der Waals surface area contributed by atoms with Crippen molar-refractivity contribution in [2.75, 3.05) is 13.2 Å². The summed E-state index contributed by atoms with van der Waals surface area (Å²) in [6, 6.07) is 0. The molecule has 3 N–H and O–H groups in total. The lowest BCUT2D eigenvalue weighted by Gasteiger charge is -2.08. The zero-order valence-corrected chi connectivity index (χ0v) is 12.4. The van der Waals surface area contributed by atoms with Crippen LogP contribution >= 0.6 is 0 Å². The zero-order chi connectivity index (χ0) is 16.3. The molecule has 0 aliphatic carbocycles. The van der Waals surface area contributed by atoms with Gasteiger partial charge in [-0.3, -0.25) is 0 Å². The van der Waals surface area contributed by atoms with E-state index >= 15 is 0 Å². The Balaban J connectivity index is 0. The maximum absolute atomic E-state index is 10.7. The van der Waals surface area contributed by atoms with E-state index in [0.29, 0.717) is 5.57 Å². The minimum atomic E-state index is -0.930. The Hall–Kier alpha value is -1.66. The van der Waals surface area contributed by atoms with Gasteiger partial charge in [0, 0.05) is 17.8 Å². The molecule has 0 aliphatic heterocycles. The molecule has 0 aromatic rings. The Morgan fingerprint density at radius 2 is 1.70 bits per heavy atom. The summed E-state index contributed by atoms with van der Waals surface area (Å²) in [5.74, 6) is -1.46. The molecule has 2 atom stereocenters. The smallest absolute Gasteiger partial charge is 0.333 e. The third kappa shape index (κ3) is 11.4. The van der Waals surface area contributed by atoms with Crippen LogP contribution in [0, 0.1) is 5.92 Å². The molecule has 0 spiro atoms. The summed E-state index contributed by atoms with van der Waals surface area (Å²) in [4.78, 5) is 20.9. The maximum atomic E-state index is 10.7. The lowest BCUT2D eigenvalue weighted by molar-refractivity contribution is -0.145. The Kier molecular flexibility index (Phi) is 11.6. The number of carbonyl (C=O) groups excluding carboxylic acids is 1. The predicted molar refractivity (Wildman–Crippen MR) is 75.1 cm³/mol. The average Bonchev–Trinajstić information content (AvgIpc) is 2.38. The molecule has 0 bridgehead atoms. The molecule has 6 nitrogen and oxygen atoms in total. The van der Waals surface area contributed by atoms with E-state index in [9.17, 15) is 9.59 Å². The van der Waals surface area contributed by atoms with Gasteiger partial charge in [-0.15, -0.1) is 0 Å². The van der Waals surface area contributed by atoms with Gasteiger partial charge in [0.05, 0.1) is 6.61 Å². The van der Waals surface area contributed by atoms with Gasteiger partial charge >= 0.3 is 11.9 Å². The van der Waals surface area contributed by atoms with Gasteiger partial charge in [-0.25, -0.2) is 9.59 Å². The third-order valence-corrected chi connectivity index (χ3v) is 2.07. The Morgan fingerprint density at radius 3 is 2.00 bits per heavy atom. The fraction of sp³-hybridized carbons (Fsp3) is 0.571. The molecule has 0 saturated heterocycles. The second-order valence-electron chi connectivity index (χ2n) is 4.49. The molecular formula is C14H24O6. The average molecular weight is 288 g/mol. The Morgan fingerprint density at radius 1 is 1.20 bits per heavy atom. The van der Waals surface area contributed by atoms with E-state index in [1.165, 1.54) is 13.0 Å². The first-order valence-electron chi connectivity index (χ1n) is 6.15. The van der Waals surface area contributed by atoms with E-state index in [2.05, 4.69) is 11.3 Å². The molecule has 116 valence electrons. The highest BCUT2D eigenvalue weighted by Gasteiger charge is 2.07. The van der Waals surface area contributed by atoms with Crippen molar-refractivity contribution in [3.63, 3.8) is 0 Å². The summed E-state index contributed by atoms with van der Waals surface area (Å²) in [5, 5.41) is 25.4. The topological polar surface area (TPSA) is 104 Å². The molecule has 6 heteroatoms. The van der Waals surface area contributed by atoms with Gasteiger partial charge in [-0.05, 0) is 26.7 Å². The number of hydrogen-bond donors (Lipinski definition) is 3. The Labute approximate surface area is 119 Å². The summed E-state index contributed by atoms with van der Waals surface area (Å²) >= 11 is 0. The molecule has 0 saturated carbocycles. The highest BCUT2D eigenvalue weighted by atomic mass is 16.5. The number of hydrogen-bond acceptors (Lipinski definition) is 5. The molecule has 0 rings (SSSR count). The molecule has 0 fully saturated rings. The van der Waals surface area contributed by atoms with Crippen molar-refractivity contribution < 1.29 is 29.6 Å². The van der Waals surface area contributed by atoms with Gasteiger partial charge in [0.25, 0.3) is 0 Å². The number of ether oxygens (including phenoxy) is 1. The summed E-state index contributed by atoms with van der Waals surface area (Å²) in [6.45, 7) is 9.66. The molecule has 0 heterocycles. The fourth-order valence-electron chi connectivity index (χ4n) is 0.871. The van der Waals surface area contributed by atoms with Gasteiger partial charge in [0.2, 0.25) is 0 Å². The maximum Gasteiger partial charge on any atom is 0.333 e. The lowest BCUT2D eigenvalue weighted by atomic mass is 10.1. The van der Waals surface area contributed by atoms with E-state index in [1.54, 1.807) is 20.8 Å². The van der Waals surface area contributed by atoms with Crippen LogP contribution in [0.15, 0.2) is 23.8 Å². The molecular weight excluding hydrogens is 264 g/mol. The van der Waals surface area contributed by atoms with E-state index in [0.717, 1.165) is 0 Å². The van der Waals surface area contributed by atoms with E-state index in [-0.39, 0.29) is 24.7 Å². The van der Waals surface area contributed by atoms with Crippen LogP contribution in [-0.2, 0) is 14.3 Å². The quantitative estimate of drug-likeness (QED) is 0.500. The number of aliphatic carboxylic acids is 1. The highest BCUT2D eigenvalue weighted by molar-refractivity contribution is 5.87. The molecule has 20 heavy (non-hydrogen) atoms. The molecule has 0 aromatic heterocycles. The summed E-state index contributed by atoms with van der Waals surface area (Å²) in [5.41, 5.74) is 0.627. The zero-order valence-electron chi connectivity index (χ0n) is 12.4. The number of aliphatic hydroxyl groups is 2. The molecule has 0 aromatic carbocycles. The molecule has 0 radical (unpaired) electrons. The summed E-state index contributed by atoms with van der Waals surface area (Å²) in [7, 11) is 0. The van der Waals surface area contributed by atoms with E-state index in [1.807, 2.05) is 0 Å². The van der Waals surface area contributed by atoms with Crippen LogP contribution in [-0.4, -0.2) is 46.6 Å². The van der Waals surface area contributed by atoms with Gasteiger partial charge < -0.3 is 20.1 Å². The second-order valence-corrected chi connectivity index (χ2v) is 4.49. The third-order valence-electron chi connectivity index (χ3n) is 2.07. The van der Waals surface area contributed by atoms with Gasteiger partial charge in [0.15, 0.2) is 0 Å². The largest absolute Gasteiger partial charge is 0.478 e. The van der Waals surface area contributed by atoms with Crippen LogP contribution in [0.3, 0.4) is 0 Å². The number of carboxylic acids is 1.